The van der Waals surface area contributed by atoms with Gasteiger partial charge in [0, 0.05) is 49.7 Å². The van der Waals surface area contributed by atoms with Crippen molar-refractivity contribution in [3.05, 3.63) is 40.8 Å². The summed E-state index contributed by atoms with van der Waals surface area (Å²) in [5, 5.41) is 7.43. The monoisotopic (exact) mass is 341 g/mol. The van der Waals surface area contributed by atoms with E-state index in [-0.39, 0.29) is 5.91 Å². The Hall–Kier alpha value is -2.37. The summed E-state index contributed by atoms with van der Waals surface area (Å²) in [7, 11) is 1.91. The van der Waals surface area contributed by atoms with E-state index < -0.39 is 0 Å². The fourth-order valence-corrected chi connectivity index (χ4v) is 3.45. The lowest BCUT2D eigenvalue weighted by Crippen LogP contribution is -2.32. The smallest absolute Gasteiger partial charge is 0.224 e. The van der Waals surface area contributed by atoms with Gasteiger partial charge in [-0.3, -0.25) is 9.48 Å². The predicted molar refractivity (Wildman–Crippen MR) is 98.5 cm³/mol. The average Bonchev–Trinajstić information content (AvgIpc) is 2.87. The molecule has 0 bridgehead atoms. The van der Waals surface area contributed by atoms with Gasteiger partial charge in [0.2, 0.25) is 5.91 Å². The fourth-order valence-electron chi connectivity index (χ4n) is 3.45. The van der Waals surface area contributed by atoms with Crippen LogP contribution in [0.2, 0.25) is 0 Å². The van der Waals surface area contributed by atoms with Crippen LogP contribution in [0.25, 0.3) is 0 Å². The van der Waals surface area contributed by atoms with Crippen LogP contribution in [0.15, 0.2) is 18.3 Å². The van der Waals surface area contributed by atoms with Gasteiger partial charge in [0.15, 0.2) is 0 Å². The molecule has 0 unspecified atom stereocenters. The molecule has 0 saturated carbocycles. The maximum Gasteiger partial charge on any atom is 0.224 e. The van der Waals surface area contributed by atoms with Crippen LogP contribution in [0.1, 0.15) is 41.8 Å². The molecule has 3 heterocycles. The Morgan fingerprint density at radius 2 is 2.00 bits per heavy atom. The quantitative estimate of drug-likeness (QED) is 0.906. The maximum atomic E-state index is 12.4. The van der Waals surface area contributed by atoms with E-state index in [1.165, 1.54) is 19.3 Å². The number of carbonyl (C=O) groups is 1. The van der Waals surface area contributed by atoms with Crippen molar-refractivity contribution in [3.8, 4) is 0 Å². The minimum absolute atomic E-state index is 0.0210. The number of aryl methyl sites for hydroxylation is 2. The van der Waals surface area contributed by atoms with Crippen molar-refractivity contribution in [1.29, 1.82) is 0 Å². The molecule has 2 aromatic heterocycles. The Morgan fingerprint density at radius 3 is 2.68 bits per heavy atom. The number of piperidine rings is 1. The molecule has 1 saturated heterocycles. The largest absolute Gasteiger partial charge is 0.356 e. The van der Waals surface area contributed by atoms with Gasteiger partial charge in [-0.25, -0.2) is 4.98 Å². The maximum absolute atomic E-state index is 12.4. The molecule has 1 amide bonds. The Labute approximate surface area is 149 Å². The number of carbonyl (C=O) groups excluding carboxylic acids is 1. The summed E-state index contributed by atoms with van der Waals surface area (Å²) in [5.74, 6) is 1.03. The highest BCUT2D eigenvalue weighted by atomic mass is 16.1. The van der Waals surface area contributed by atoms with E-state index in [2.05, 4.69) is 26.4 Å². The van der Waals surface area contributed by atoms with Gasteiger partial charge >= 0.3 is 0 Å². The third-order valence-electron chi connectivity index (χ3n) is 5.00. The summed E-state index contributed by atoms with van der Waals surface area (Å²) < 4.78 is 1.83. The van der Waals surface area contributed by atoms with Crippen LogP contribution in [-0.2, 0) is 24.8 Å². The molecule has 0 atom stereocenters. The Morgan fingerprint density at radius 1 is 1.24 bits per heavy atom. The minimum atomic E-state index is 0.0210. The van der Waals surface area contributed by atoms with Crippen molar-refractivity contribution in [3.63, 3.8) is 0 Å². The van der Waals surface area contributed by atoms with Gasteiger partial charge in [0.05, 0.1) is 12.1 Å². The number of nitrogens with one attached hydrogen (secondary N) is 1. The van der Waals surface area contributed by atoms with Crippen molar-refractivity contribution in [1.82, 2.24) is 20.1 Å². The van der Waals surface area contributed by atoms with Gasteiger partial charge in [-0.1, -0.05) is 6.07 Å². The fraction of sp³-hybridized carbons (Fsp3) is 0.526. The number of amides is 1. The second-order valence-corrected chi connectivity index (χ2v) is 6.76. The van der Waals surface area contributed by atoms with E-state index in [1.807, 2.05) is 37.8 Å². The molecule has 6 nitrogen and oxygen atoms in total. The van der Waals surface area contributed by atoms with Crippen LogP contribution in [0.5, 0.6) is 0 Å². The predicted octanol–water partition coefficient (Wildman–Crippen LogP) is 2.28. The second kappa shape index (κ2) is 7.68. The number of aromatic nitrogens is 3. The normalized spacial score (nSPS) is 14.6. The molecule has 1 fully saturated rings. The number of nitrogens with zero attached hydrogens (tertiary/aromatic N) is 4. The second-order valence-electron chi connectivity index (χ2n) is 6.76. The molecule has 6 heteroatoms. The van der Waals surface area contributed by atoms with Gasteiger partial charge in [-0.15, -0.1) is 0 Å². The van der Waals surface area contributed by atoms with Gasteiger partial charge in [0.1, 0.15) is 5.82 Å². The van der Waals surface area contributed by atoms with Crippen LogP contribution in [-0.4, -0.2) is 33.8 Å². The van der Waals surface area contributed by atoms with E-state index in [1.54, 1.807) is 0 Å². The van der Waals surface area contributed by atoms with E-state index in [0.717, 1.165) is 41.4 Å². The van der Waals surface area contributed by atoms with Crippen molar-refractivity contribution in [2.24, 2.45) is 7.05 Å². The summed E-state index contributed by atoms with van der Waals surface area (Å²) in [5.41, 5.74) is 4.06. The van der Waals surface area contributed by atoms with Gasteiger partial charge in [0.25, 0.3) is 0 Å². The van der Waals surface area contributed by atoms with E-state index >= 15 is 0 Å². The highest BCUT2D eigenvalue weighted by Gasteiger charge is 2.17. The number of rotatable bonds is 5. The standard InChI is InChI=1S/C19H27N5O/c1-14-17(15(2)23(3)22-14)12-18(25)21-13-16-8-7-9-20-19(16)24-10-5-4-6-11-24/h7-9H,4-6,10-13H2,1-3H3,(H,21,25). The van der Waals surface area contributed by atoms with Gasteiger partial charge in [-0.05, 0) is 39.2 Å². The first-order valence-corrected chi connectivity index (χ1v) is 9.01. The van der Waals surface area contributed by atoms with Crippen molar-refractivity contribution in [2.75, 3.05) is 18.0 Å². The topological polar surface area (TPSA) is 63.1 Å². The molecular formula is C19H27N5O. The van der Waals surface area contributed by atoms with Crippen LogP contribution < -0.4 is 10.2 Å². The zero-order chi connectivity index (χ0) is 17.8. The Balaban J connectivity index is 1.64. The number of hydrogen-bond donors (Lipinski definition) is 1. The van der Waals surface area contributed by atoms with Crippen molar-refractivity contribution >= 4 is 11.7 Å². The first-order valence-electron chi connectivity index (χ1n) is 9.01. The average molecular weight is 341 g/mol. The summed E-state index contributed by atoms with van der Waals surface area (Å²) >= 11 is 0. The van der Waals surface area contributed by atoms with Gasteiger partial charge < -0.3 is 10.2 Å². The molecule has 0 radical (unpaired) electrons. The third kappa shape index (κ3) is 4.00. The first-order chi connectivity index (χ1) is 12.1. The molecule has 0 spiro atoms. The lowest BCUT2D eigenvalue weighted by Gasteiger charge is -2.29. The minimum Gasteiger partial charge on any atom is -0.356 e. The first kappa shape index (κ1) is 17.5. The lowest BCUT2D eigenvalue weighted by atomic mass is 10.1. The van der Waals surface area contributed by atoms with E-state index in [0.29, 0.717) is 13.0 Å². The van der Waals surface area contributed by atoms with E-state index in [9.17, 15) is 4.79 Å². The summed E-state index contributed by atoms with van der Waals surface area (Å²) in [6, 6.07) is 3.99. The SMILES string of the molecule is Cc1nn(C)c(C)c1CC(=O)NCc1cccnc1N1CCCCC1. The summed E-state index contributed by atoms with van der Waals surface area (Å²) in [6.07, 6.45) is 5.91. The highest BCUT2D eigenvalue weighted by Crippen LogP contribution is 2.21. The van der Waals surface area contributed by atoms with Crippen LogP contribution in [0.3, 0.4) is 0 Å². The number of anilines is 1. The molecule has 2 aromatic rings. The Kier molecular flexibility index (Phi) is 5.36. The molecular weight excluding hydrogens is 314 g/mol. The molecule has 134 valence electrons. The summed E-state index contributed by atoms with van der Waals surface area (Å²) in [4.78, 5) is 19.3. The van der Waals surface area contributed by atoms with Crippen LogP contribution in [0, 0.1) is 13.8 Å². The molecule has 0 aromatic carbocycles. The highest BCUT2D eigenvalue weighted by molar-refractivity contribution is 5.79. The molecule has 1 aliphatic rings. The zero-order valence-corrected chi connectivity index (χ0v) is 15.4. The third-order valence-corrected chi connectivity index (χ3v) is 5.00. The Bertz CT molecular complexity index is 746. The van der Waals surface area contributed by atoms with Crippen molar-refractivity contribution < 1.29 is 4.79 Å². The molecule has 3 rings (SSSR count). The van der Waals surface area contributed by atoms with E-state index in [4.69, 9.17) is 0 Å². The summed E-state index contributed by atoms with van der Waals surface area (Å²) in [6.45, 7) is 6.55. The molecule has 1 N–H and O–H groups in total. The number of pyridine rings is 1. The van der Waals surface area contributed by atoms with Crippen LogP contribution >= 0.6 is 0 Å². The van der Waals surface area contributed by atoms with Crippen molar-refractivity contribution in [2.45, 2.75) is 46.1 Å². The molecule has 0 aliphatic carbocycles. The number of hydrogen-bond acceptors (Lipinski definition) is 4. The zero-order valence-electron chi connectivity index (χ0n) is 15.4. The van der Waals surface area contributed by atoms with Crippen LogP contribution in [0.4, 0.5) is 5.82 Å². The molecule has 25 heavy (non-hydrogen) atoms. The lowest BCUT2D eigenvalue weighted by molar-refractivity contribution is -0.120. The molecule has 1 aliphatic heterocycles. The van der Waals surface area contributed by atoms with Gasteiger partial charge in [-0.2, -0.15) is 5.10 Å².